The Morgan fingerprint density at radius 2 is 1.23 bits per heavy atom. The standard InChI is InChI=1S/C14H28N4O4/c1-2-16-7-9-17(11-13(19)20)5-3-15-4-6-18(10-8-16)12-14(21)22/h15H,2-12H2,1H3,(H,19,20)(H,21,22). The average molecular weight is 316 g/mol. The molecule has 0 atom stereocenters. The first-order chi connectivity index (χ1) is 10.5. The lowest BCUT2D eigenvalue weighted by atomic mass is 10.3. The summed E-state index contributed by atoms with van der Waals surface area (Å²) < 4.78 is 0. The molecule has 1 aliphatic heterocycles. The van der Waals surface area contributed by atoms with Crippen LogP contribution in [-0.4, -0.2) is 109 Å². The van der Waals surface area contributed by atoms with Crippen LogP contribution in [0, 0.1) is 0 Å². The second kappa shape index (κ2) is 10.5. The molecule has 0 radical (unpaired) electrons. The highest BCUT2D eigenvalue weighted by Gasteiger charge is 2.15. The van der Waals surface area contributed by atoms with Crippen LogP contribution in [0.25, 0.3) is 0 Å². The first-order valence-electron chi connectivity index (χ1n) is 7.82. The lowest BCUT2D eigenvalue weighted by molar-refractivity contribution is -0.139. The van der Waals surface area contributed by atoms with Crippen molar-refractivity contribution in [3.05, 3.63) is 0 Å². The fourth-order valence-corrected chi connectivity index (χ4v) is 2.52. The zero-order valence-electron chi connectivity index (χ0n) is 13.3. The number of nitrogens with zero attached hydrogens (tertiary/aromatic N) is 3. The highest BCUT2D eigenvalue weighted by atomic mass is 16.4. The number of carbonyl (C=O) groups is 2. The van der Waals surface area contributed by atoms with Gasteiger partial charge in [0.15, 0.2) is 0 Å². The highest BCUT2D eigenvalue weighted by Crippen LogP contribution is 1.97. The molecule has 0 bridgehead atoms. The largest absolute Gasteiger partial charge is 0.480 e. The molecule has 1 fully saturated rings. The van der Waals surface area contributed by atoms with Gasteiger partial charge in [0.2, 0.25) is 0 Å². The van der Waals surface area contributed by atoms with Gasteiger partial charge >= 0.3 is 11.9 Å². The van der Waals surface area contributed by atoms with Crippen molar-refractivity contribution in [3.8, 4) is 0 Å². The van der Waals surface area contributed by atoms with Crippen LogP contribution >= 0.6 is 0 Å². The maximum absolute atomic E-state index is 10.9. The topological polar surface area (TPSA) is 96.4 Å². The maximum atomic E-state index is 10.9. The molecule has 0 aromatic rings. The second-order valence-electron chi connectivity index (χ2n) is 5.52. The van der Waals surface area contributed by atoms with Crippen LogP contribution in [0.3, 0.4) is 0 Å². The SMILES string of the molecule is CCN1CCN(CC(=O)O)CCNCCN(CC(=O)O)CC1. The summed E-state index contributed by atoms with van der Waals surface area (Å²) in [6.07, 6.45) is 0. The second-order valence-corrected chi connectivity index (χ2v) is 5.52. The van der Waals surface area contributed by atoms with Crippen molar-refractivity contribution >= 4 is 11.9 Å². The Morgan fingerprint density at radius 3 is 1.59 bits per heavy atom. The Bertz CT molecular complexity index is 324. The summed E-state index contributed by atoms with van der Waals surface area (Å²) in [5, 5.41) is 21.2. The van der Waals surface area contributed by atoms with E-state index in [1.54, 1.807) is 0 Å². The Balaban J connectivity index is 2.56. The van der Waals surface area contributed by atoms with Crippen molar-refractivity contribution in [1.29, 1.82) is 0 Å². The third-order valence-electron chi connectivity index (χ3n) is 3.84. The van der Waals surface area contributed by atoms with E-state index >= 15 is 0 Å². The average Bonchev–Trinajstić information content (AvgIpc) is 2.43. The van der Waals surface area contributed by atoms with Crippen molar-refractivity contribution in [2.75, 3.05) is 72.0 Å². The fourth-order valence-electron chi connectivity index (χ4n) is 2.52. The molecule has 8 nitrogen and oxygen atoms in total. The zero-order chi connectivity index (χ0) is 16.4. The molecule has 1 aliphatic rings. The monoisotopic (exact) mass is 316 g/mol. The molecule has 128 valence electrons. The molecule has 0 amide bonds. The first-order valence-corrected chi connectivity index (χ1v) is 7.82. The van der Waals surface area contributed by atoms with E-state index in [1.807, 2.05) is 9.80 Å². The summed E-state index contributed by atoms with van der Waals surface area (Å²) in [5.74, 6) is -1.61. The number of rotatable bonds is 5. The van der Waals surface area contributed by atoms with E-state index in [9.17, 15) is 9.59 Å². The van der Waals surface area contributed by atoms with Gasteiger partial charge in [-0.2, -0.15) is 0 Å². The molecule has 0 unspecified atom stereocenters. The van der Waals surface area contributed by atoms with Crippen molar-refractivity contribution in [3.63, 3.8) is 0 Å². The molecule has 0 spiro atoms. The van der Waals surface area contributed by atoms with E-state index in [2.05, 4.69) is 17.1 Å². The van der Waals surface area contributed by atoms with Gasteiger partial charge in [-0.05, 0) is 6.54 Å². The van der Waals surface area contributed by atoms with E-state index in [0.29, 0.717) is 39.3 Å². The van der Waals surface area contributed by atoms with Gasteiger partial charge in [0.1, 0.15) is 0 Å². The molecule has 22 heavy (non-hydrogen) atoms. The van der Waals surface area contributed by atoms with Crippen molar-refractivity contribution in [2.24, 2.45) is 0 Å². The van der Waals surface area contributed by atoms with Crippen LogP contribution in [0.2, 0.25) is 0 Å². The summed E-state index contributed by atoms with van der Waals surface area (Å²) in [5.41, 5.74) is 0. The van der Waals surface area contributed by atoms with E-state index in [-0.39, 0.29) is 13.1 Å². The molecule has 0 aromatic heterocycles. The fraction of sp³-hybridized carbons (Fsp3) is 0.857. The zero-order valence-corrected chi connectivity index (χ0v) is 13.3. The van der Waals surface area contributed by atoms with Gasteiger partial charge in [-0.1, -0.05) is 6.92 Å². The van der Waals surface area contributed by atoms with Gasteiger partial charge in [0, 0.05) is 52.4 Å². The summed E-state index contributed by atoms with van der Waals surface area (Å²) in [6.45, 7) is 8.86. The molecule has 0 aromatic carbocycles. The van der Waals surface area contributed by atoms with Crippen LogP contribution in [0.15, 0.2) is 0 Å². The van der Waals surface area contributed by atoms with Gasteiger partial charge in [-0.25, -0.2) is 0 Å². The number of aliphatic carboxylic acids is 2. The lowest BCUT2D eigenvalue weighted by Gasteiger charge is -2.29. The van der Waals surface area contributed by atoms with E-state index in [4.69, 9.17) is 10.2 Å². The van der Waals surface area contributed by atoms with E-state index in [0.717, 1.165) is 19.6 Å². The summed E-state index contributed by atoms with van der Waals surface area (Å²) >= 11 is 0. The number of hydrogen-bond acceptors (Lipinski definition) is 6. The first kappa shape index (κ1) is 18.8. The Kier molecular flexibility index (Phi) is 8.98. The highest BCUT2D eigenvalue weighted by molar-refractivity contribution is 5.69. The lowest BCUT2D eigenvalue weighted by Crippen LogP contribution is -2.46. The van der Waals surface area contributed by atoms with E-state index < -0.39 is 11.9 Å². The predicted molar refractivity (Wildman–Crippen MR) is 83.1 cm³/mol. The Hall–Kier alpha value is -1.22. The van der Waals surface area contributed by atoms with Crippen LogP contribution in [0.5, 0.6) is 0 Å². The maximum Gasteiger partial charge on any atom is 0.317 e. The number of nitrogens with one attached hydrogen (secondary N) is 1. The van der Waals surface area contributed by atoms with Crippen LogP contribution in [0.1, 0.15) is 6.92 Å². The van der Waals surface area contributed by atoms with Gasteiger partial charge in [0.25, 0.3) is 0 Å². The van der Waals surface area contributed by atoms with E-state index in [1.165, 1.54) is 0 Å². The molecular formula is C14H28N4O4. The molecule has 8 heteroatoms. The number of carboxylic acid groups (broad SMARTS) is 2. The van der Waals surface area contributed by atoms with Crippen molar-refractivity contribution in [2.45, 2.75) is 6.92 Å². The Labute approximate surface area is 131 Å². The summed E-state index contributed by atoms with van der Waals surface area (Å²) in [7, 11) is 0. The van der Waals surface area contributed by atoms with Crippen LogP contribution in [0.4, 0.5) is 0 Å². The minimum atomic E-state index is -0.803. The third kappa shape index (κ3) is 8.28. The number of carboxylic acids is 2. The molecule has 1 saturated heterocycles. The molecule has 3 N–H and O–H groups in total. The van der Waals surface area contributed by atoms with Crippen LogP contribution in [-0.2, 0) is 9.59 Å². The van der Waals surface area contributed by atoms with Crippen molar-refractivity contribution in [1.82, 2.24) is 20.0 Å². The van der Waals surface area contributed by atoms with Gasteiger partial charge < -0.3 is 20.4 Å². The molecule has 0 saturated carbocycles. The minimum Gasteiger partial charge on any atom is -0.480 e. The Morgan fingerprint density at radius 1 is 0.818 bits per heavy atom. The summed E-state index contributed by atoms with van der Waals surface area (Å²) in [4.78, 5) is 27.9. The predicted octanol–water partition coefficient (Wildman–Crippen LogP) is -1.32. The van der Waals surface area contributed by atoms with Gasteiger partial charge in [-0.3, -0.25) is 19.4 Å². The number of hydrogen-bond donors (Lipinski definition) is 3. The molecule has 1 heterocycles. The quantitative estimate of drug-likeness (QED) is 0.575. The smallest absolute Gasteiger partial charge is 0.317 e. The molecular weight excluding hydrogens is 288 g/mol. The molecule has 1 rings (SSSR count). The van der Waals surface area contributed by atoms with Gasteiger partial charge in [-0.15, -0.1) is 0 Å². The van der Waals surface area contributed by atoms with Crippen LogP contribution < -0.4 is 5.32 Å². The van der Waals surface area contributed by atoms with Crippen molar-refractivity contribution < 1.29 is 19.8 Å². The summed E-state index contributed by atoms with van der Waals surface area (Å²) in [6, 6.07) is 0. The third-order valence-corrected chi connectivity index (χ3v) is 3.84. The minimum absolute atomic E-state index is 0.0599. The van der Waals surface area contributed by atoms with Gasteiger partial charge in [0.05, 0.1) is 13.1 Å². The molecule has 0 aliphatic carbocycles. The normalized spacial score (nSPS) is 21.0. The number of likely N-dealkylation sites (N-methyl/N-ethyl adjacent to an activating group) is 1.